The summed E-state index contributed by atoms with van der Waals surface area (Å²) in [6.45, 7) is 6.15. The van der Waals surface area contributed by atoms with Gasteiger partial charge in [0.15, 0.2) is 11.5 Å². The molecule has 1 aliphatic rings. The minimum absolute atomic E-state index is 0.667. The highest BCUT2D eigenvalue weighted by Crippen LogP contribution is 2.36. The van der Waals surface area contributed by atoms with Crippen molar-refractivity contribution in [2.45, 2.75) is 6.42 Å². The zero-order chi connectivity index (χ0) is 14.2. The molecule has 0 atom stereocenters. The molecule has 0 saturated carbocycles. The maximum atomic E-state index is 5.85. The highest BCUT2D eigenvalue weighted by atomic mass is 16.5. The first-order valence-corrected chi connectivity index (χ1v) is 7.12. The second-order valence-corrected chi connectivity index (χ2v) is 4.79. The Morgan fingerprint density at radius 3 is 2.35 bits per heavy atom. The smallest absolute Gasteiger partial charge is 0.203 e. The van der Waals surface area contributed by atoms with Gasteiger partial charge in [0.1, 0.15) is 0 Å². The molecule has 2 rings (SSSR count). The first kappa shape index (κ1) is 14.9. The van der Waals surface area contributed by atoms with Crippen LogP contribution in [0.4, 0.5) is 0 Å². The van der Waals surface area contributed by atoms with Crippen LogP contribution >= 0.6 is 0 Å². The SMILES string of the molecule is COc1cccc(OC)c1OCCCN1CCNCC1. The second kappa shape index (κ2) is 7.97. The Morgan fingerprint density at radius 1 is 1.10 bits per heavy atom. The van der Waals surface area contributed by atoms with Crippen LogP contribution in [0.1, 0.15) is 6.42 Å². The number of piperazine rings is 1. The molecular formula is C15H24N2O3. The van der Waals surface area contributed by atoms with Crippen LogP contribution in [-0.2, 0) is 0 Å². The van der Waals surface area contributed by atoms with Crippen LogP contribution in [0.25, 0.3) is 0 Å². The van der Waals surface area contributed by atoms with E-state index >= 15 is 0 Å². The van der Waals surface area contributed by atoms with E-state index in [9.17, 15) is 0 Å². The molecule has 1 aromatic carbocycles. The maximum Gasteiger partial charge on any atom is 0.203 e. The molecule has 5 nitrogen and oxygen atoms in total. The Morgan fingerprint density at radius 2 is 1.75 bits per heavy atom. The summed E-state index contributed by atoms with van der Waals surface area (Å²) in [5, 5.41) is 3.36. The molecule has 112 valence electrons. The molecule has 1 saturated heterocycles. The van der Waals surface area contributed by atoms with Crippen LogP contribution in [-0.4, -0.2) is 58.5 Å². The Bertz CT molecular complexity index is 384. The molecule has 1 fully saturated rings. The van der Waals surface area contributed by atoms with Gasteiger partial charge in [-0.05, 0) is 18.6 Å². The molecule has 1 N–H and O–H groups in total. The number of hydrogen-bond donors (Lipinski definition) is 1. The normalized spacial score (nSPS) is 15.9. The molecule has 0 spiro atoms. The molecule has 1 aliphatic heterocycles. The van der Waals surface area contributed by atoms with Gasteiger partial charge >= 0.3 is 0 Å². The molecule has 0 aliphatic carbocycles. The standard InChI is InChI=1S/C15H24N2O3/c1-18-13-5-3-6-14(19-2)15(13)20-12-4-9-17-10-7-16-8-11-17/h3,5-6,16H,4,7-12H2,1-2H3. The lowest BCUT2D eigenvalue weighted by atomic mass is 10.3. The van der Waals surface area contributed by atoms with Crippen molar-refractivity contribution in [3.63, 3.8) is 0 Å². The van der Waals surface area contributed by atoms with Crippen molar-refractivity contribution >= 4 is 0 Å². The van der Waals surface area contributed by atoms with Crippen LogP contribution in [0.3, 0.4) is 0 Å². The third kappa shape index (κ3) is 4.02. The summed E-state index contributed by atoms with van der Waals surface area (Å²) in [6, 6.07) is 5.66. The van der Waals surface area contributed by atoms with E-state index < -0.39 is 0 Å². The summed E-state index contributed by atoms with van der Waals surface area (Å²) in [7, 11) is 3.28. The summed E-state index contributed by atoms with van der Waals surface area (Å²) in [6.07, 6.45) is 1.00. The van der Waals surface area contributed by atoms with Gasteiger partial charge in [0.05, 0.1) is 20.8 Å². The number of ether oxygens (including phenoxy) is 3. The lowest BCUT2D eigenvalue weighted by Crippen LogP contribution is -2.43. The van der Waals surface area contributed by atoms with Crippen molar-refractivity contribution < 1.29 is 14.2 Å². The summed E-state index contributed by atoms with van der Waals surface area (Å²) < 4.78 is 16.5. The van der Waals surface area contributed by atoms with E-state index in [-0.39, 0.29) is 0 Å². The van der Waals surface area contributed by atoms with E-state index in [1.807, 2.05) is 18.2 Å². The highest BCUT2D eigenvalue weighted by molar-refractivity contribution is 5.51. The average molecular weight is 280 g/mol. The fourth-order valence-corrected chi connectivity index (χ4v) is 2.36. The predicted octanol–water partition coefficient (Wildman–Crippen LogP) is 1.38. The van der Waals surface area contributed by atoms with Gasteiger partial charge in [0.25, 0.3) is 0 Å². The molecule has 0 radical (unpaired) electrons. The lowest BCUT2D eigenvalue weighted by molar-refractivity contribution is 0.208. The molecule has 0 amide bonds. The molecular weight excluding hydrogens is 256 g/mol. The van der Waals surface area contributed by atoms with E-state index in [0.717, 1.165) is 39.1 Å². The topological polar surface area (TPSA) is 43.0 Å². The average Bonchev–Trinajstić information content (AvgIpc) is 2.52. The van der Waals surface area contributed by atoms with E-state index in [1.54, 1.807) is 14.2 Å². The number of rotatable bonds is 7. The number of hydrogen-bond acceptors (Lipinski definition) is 5. The summed E-state index contributed by atoms with van der Waals surface area (Å²) in [5.41, 5.74) is 0. The Labute approximate surface area is 120 Å². The summed E-state index contributed by atoms with van der Waals surface area (Å²) in [4.78, 5) is 2.46. The van der Waals surface area contributed by atoms with Crippen LogP contribution in [0.2, 0.25) is 0 Å². The number of nitrogens with one attached hydrogen (secondary N) is 1. The van der Waals surface area contributed by atoms with Crippen molar-refractivity contribution in [1.29, 1.82) is 0 Å². The summed E-state index contributed by atoms with van der Waals surface area (Å²) in [5.74, 6) is 2.12. The minimum Gasteiger partial charge on any atom is -0.493 e. The van der Waals surface area contributed by atoms with Crippen molar-refractivity contribution in [3.05, 3.63) is 18.2 Å². The quantitative estimate of drug-likeness (QED) is 0.764. The van der Waals surface area contributed by atoms with Crippen molar-refractivity contribution in [2.75, 3.05) is 53.6 Å². The molecule has 0 aromatic heterocycles. The summed E-state index contributed by atoms with van der Waals surface area (Å²) >= 11 is 0. The van der Waals surface area contributed by atoms with Gasteiger partial charge < -0.3 is 24.4 Å². The number of methoxy groups -OCH3 is 2. The molecule has 20 heavy (non-hydrogen) atoms. The maximum absolute atomic E-state index is 5.85. The number of para-hydroxylation sites is 1. The van der Waals surface area contributed by atoms with Crippen LogP contribution in [0.15, 0.2) is 18.2 Å². The largest absolute Gasteiger partial charge is 0.493 e. The first-order valence-electron chi connectivity index (χ1n) is 7.12. The third-order valence-electron chi connectivity index (χ3n) is 3.46. The molecule has 0 bridgehead atoms. The minimum atomic E-state index is 0.667. The van der Waals surface area contributed by atoms with Gasteiger partial charge in [0.2, 0.25) is 5.75 Å². The molecule has 0 unspecified atom stereocenters. The second-order valence-electron chi connectivity index (χ2n) is 4.79. The van der Waals surface area contributed by atoms with Gasteiger partial charge in [-0.25, -0.2) is 0 Å². The highest BCUT2D eigenvalue weighted by Gasteiger charge is 2.12. The first-order chi connectivity index (χ1) is 9.85. The van der Waals surface area contributed by atoms with Gasteiger partial charge in [-0.3, -0.25) is 0 Å². The number of nitrogens with zero attached hydrogens (tertiary/aromatic N) is 1. The Hall–Kier alpha value is -1.46. The number of benzene rings is 1. The van der Waals surface area contributed by atoms with Crippen LogP contribution in [0.5, 0.6) is 17.2 Å². The molecule has 1 heterocycles. The Balaban J connectivity index is 1.81. The molecule has 5 heteroatoms. The van der Waals surface area contributed by atoms with Gasteiger partial charge in [0, 0.05) is 32.7 Å². The van der Waals surface area contributed by atoms with Crippen LogP contribution in [0, 0.1) is 0 Å². The van der Waals surface area contributed by atoms with E-state index in [2.05, 4.69) is 10.2 Å². The Kier molecular flexibility index (Phi) is 5.95. The fourth-order valence-electron chi connectivity index (χ4n) is 2.36. The monoisotopic (exact) mass is 280 g/mol. The van der Waals surface area contributed by atoms with Crippen molar-refractivity contribution in [3.8, 4) is 17.2 Å². The van der Waals surface area contributed by atoms with Crippen LogP contribution < -0.4 is 19.5 Å². The zero-order valence-electron chi connectivity index (χ0n) is 12.4. The van der Waals surface area contributed by atoms with E-state index in [0.29, 0.717) is 23.9 Å². The van der Waals surface area contributed by atoms with E-state index in [4.69, 9.17) is 14.2 Å². The molecule has 1 aromatic rings. The van der Waals surface area contributed by atoms with Gasteiger partial charge in [-0.15, -0.1) is 0 Å². The van der Waals surface area contributed by atoms with Crippen molar-refractivity contribution in [2.24, 2.45) is 0 Å². The zero-order valence-corrected chi connectivity index (χ0v) is 12.4. The predicted molar refractivity (Wildman–Crippen MR) is 79.0 cm³/mol. The van der Waals surface area contributed by atoms with E-state index in [1.165, 1.54) is 0 Å². The third-order valence-corrected chi connectivity index (χ3v) is 3.46. The fraction of sp³-hybridized carbons (Fsp3) is 0.600. The van der Waals surface area contributed by atoms with Gasteiger partial charge in [-0.1, -0.05) is 6.07 Å². The van der Waals surface area contributed by atoms with Crippen molar-refractivity contribution in [1.82, 2.24) is 10.2 Å². The lowest BCUT2D eigenvalue weighted by Gasteiger charge is -2.27. The van der Waals surface area contributed by atoms with Gasteiger partial charge in [-0.2, -0.15) is 0 Å².